The van der Waals surface area contributed by atoms with Crippen LogP contribution in [0.2, 0.25) is 0 Å². The van der Waals surface area contributed by atoms with Crippen molar-refractivity contribution in [2.45, 2.75) is 42.6 Å². The predicted octanol–water partition coefficient (Wildman–Crippen LogP) is 1.91. The average molecular weight is 518 g/mol. The molecule has 2 aromatic rings. The lowest BCUT2D eigenvalue weighted by Crippen LogP contribution is -2.51. The summed E-state index contributed by atoms with van der Waals surface area (Å²) >= 11 is 0. The van der Waals surface area contributed by atoms with E-state index in [2.05, 4.69) is 19.9 Å². The van der Waals surface area contributed by atoms with E-state index in [9.17, 15) is 26.7 Å². The molecule has 1 aliphatic heterocycles. The standard InChI is InChI=1S/C22H30F3N5O4S/c1-15-14-34-10-9-30(15)13-18(11-28-35(32,33)19-7-8-20(26)27-12-19)29-17-5-3-16(4-6-17)21(2,31)22(23,24)25/h3-8,12,15,18,28-29,31H,9-11,13-14H2,1-2H3,(H2,26,27)/t15-,18+,21?/m0/s1. The Balaban J connectivity index is 1.76. The fourth-order valence-corrected chi connectivity index (χ4v) is 4.64. The third-order valence-corrected chi connectivity index (χ3v) is 7.33. The van der Waals surface area contributed by atoms with Crippen molar-refractivity contribution in [2.75, 3.05) is 43.9 Å². The van der Waals surface area contributed by atoms with Crippen molar-refractivity contribution in [1.29, 1.82) is 0 Å². The number of alkyl halides is 3. The van der Waals surface area contributed by atoms with Crippen LogP contribution in [-0.4, -0.2) is 74.5 Å². The molecule has 0 radical (unpaired) electrons. The van der Waals surface area contributed by atoms with Crippen LogP contribution in [0.15, 0.2) is 47.5 Å². The topological polar surface area (TPSA) is 130 Å². The second kappa shape index (κ2) is 10.7. The molecule has 13 heteroatoms. The van der Waals surface area contributed by atoms with Crippen LogP contribution in [0, 0.1) is 0 Å². The van der Waals surface area contributed by atoms with Gasteiger partial charge in [0.15, 0.2) is 5.60 Å². The number of ether oxygens (including phenoxy) is 1. The minimum Gasteiger partial charge on any atom is -0.384 e. The van der Waals surface area contributed by atoms with Crippen LogP contribution in [0.5, 0.6) is 0 Å². The Hall–Kier alpha value is -2.45. The first-order valence-corrected chi connectivity index (χ1v) is 12.5. The van der Waals surface area contributed by atoms with Gasteiger partial charge in [-0.15, -0.1) is 0 Å². The highest BCUT2D eigenvalue weighted by atomic mass is 32.2. The van der Waals surface area contributed by atoms with E-state index in [0.29, 0.717) is 38.9 Å². The largest absolute Gasteiger partial charge is 0.421 e. The van der Waals surface area contributed by atoms with Crippen molar-refractivity contribution in [3.63, 3.8) is 0 Å². The number of morpholine rings is 1. The molecule has 1 aromatic heterocycles. The van der Waals surface area contributed by atoms with Crippen molar-refractivity contribution in [1.82, 2.24) is 14.6 Å². The SMILES string of the molecule is C[C@H]1COCCN1C[C@@H](CNS(=O)(=O)c1ccc(N)nc1)Nc1ccc(C(C)(O)C(F)(F)F)cc1. The summed E-state index contributed by atoms with van der Waals surface area (Å²) in [5.41, 5.74) is 2.71. The molecule has 35 heavy (non-hydrogen) atoms. The number of hydrogen-bond donors (Lipinski definition) is 4. The lowest BCUT2D eigenvalue weighted by molar-refractivity contribution is -0.258. The van der Waals surface area contributed by atoms with Gasteiger partial charge in [0.1, 0.15) is 10.7 Å². The van der Waals surface area contributed by atoms with Gasteiger partial charge >= 0.3 is 6.18 Å². The molecule has 9 nitrogen and oxygen atoms in total. The van der Waals surface area contributed by atoms with E-state index >= 15 is 0 Å². The number of pyridine rings is 1. The molecule has 1 aromatic carbocycles. The Morgan fingerprint density at radius 2 is 1.94 bits per heavy atom. The zero-order valence-electron chi connectivity index (χ0n) is 19.4. The van der Waals surface area contributed by atoms with Gasteiger partial charge in [-0.25, -0.2) is 18.1 Å². The maximum absolute atomic E-state index is 13.1. The van der Waals surface area contributed by atoms with E-state index in [1.807, 2.05) is 6.92 Å². The van der Waals surface area contributed by atoms with Gasteiger partial charge in [-0.3, -0.25) is 4.90 Å². The van der Waals surface area contributed by atoms with Gasteiger partial charge in [0.25, 0.3) is 0 Å². The molecule has 1 unspecified atom stereocenters. The van der Waals surface area contributed by atoms with Crippen molar-refractivity contribution in [3.8, 4) is 0 Å². The number of anilines is 2. The van der Waals surface area contributed by atoms with Gasteiger partial charge in [0.05, 0.1) is 19.3 Å². The maximum Gasteiger partial charge on any atom is 0.421 e. The molecule has 3 rings (SSSR count). The Morgan fingerprint density at radius 1 is 1.26 bits per heavy atom. The second-order valence-electron chi connectivity index (χ2n) is 8.68. The van der Waals surface area contributed by atoms with E-state index in [1.165, 1.54) is 36.4 Å². The van der Waals surface area contributed by atoms with Gasteiger partial charge in [0.2, 0.25) is 10.0 Å². The number of aromatic nitrogens is 1. The third-order valence-electron chi connectivity index (χ3n) is 5.92. The van der Waals surface area contributed by atoms with Crippen molar-refractivity contribution >= 4 is 21.5 Å². The highest BCUT2D eigenvalue weighted by Gasteiger charge is 2.51. The number of sulfonamides is 1. The molecular formula is C22H30F3N5O4S. The number of benzene rings is 1. The number of halogens is 3. The predicted molar refractivity (Wildman–Crippen MR) is 125 cm³/mol. The Kier molecular flexibility index (Phi) is 8.27. The highest BCUT2D eigenvalue weighted by molar-refractivity contribution is 7.89. The summed E-state index contributed by atoms with van der Waals surface area (Å²) < 4.78 is 72.9. The normalized spacial score (nSPS) is 20.2. The maximum atomic E-state index is 13.1. The molecule has 1 aliphatic rings. The Morgan fingerprint density at radius 3 is 2.51 bits per heavy atom. The first kappa shape index (κ1) is 27.1. The van der Waals surface area contributed by atoms with Crippen molar-refractivity contribution in [3.05, 3.63) is 48.2 Å². The Labute approximate surface area is 202 Å². The summed E-state index contributed by atoms with van der Waals surface area (Å²) in [6.07, 6.45) is -3.67. The van der Waals surface area contributed by atoms with Crippen LogP contribution in [0.4, 0.5) is 24.7 Å². The van der Waals surface area contributed by atoms with E-state index in [-0.39, 0.29) is 28.9 Å². The molecular weight excluding hydrogens is 487 g/mol. The van der Waals surface area contributed by atoms with Gasteiger partial charge in [-0.1, -0.05) is 12.1 Å². The van der Waals surface area contributed by atoms with E-state index in [1.54, 1.807) is 0 Å². The number of nitrogens with one attached hydrogen (secondary N) is 2. The minimum atomic E-state index is -4.83. The van der Waals surface area contributed by atoms with E-state index < -0.39 is 27.8 Å². The second-order valence-corrected chi connectivity index (χ2v) is 10.4. The first-order chi connectivity index (χ1) is 16.3. The van der Waals surface area contributed by atoms with Crippen LogP contribution in [0.25, 0.3) is 0 Å². The van der Waals surface area contributed by atoms with Crippen LogP contribution in [0.3, 0.4) is 0 Å². The first-order valence-electron chi connectivity index (χ1n) is 11.0. The number of rotatable bonds is 9. The monoisotopic (exact) mass is 517 g/mol. The van der Waals surface area contributed by atoms with Gasteiger partial charge < -0.3 is 20.9 Å². The summed E-state index contributed by atoms with van der Waals surface area (Å²) in [5.74, 6) is 0.192. The molecule has 0 spiro atoms. The van der Waals surface area contributed by atoms with Gasteiger partial charge in [-0.2, -0.15) is 13.2 Å². The van der Waals surface area contributed by atoms with Gasteiger partial charge in [-0.05, 0) is 43.7 Å². The summed E-state index contributed by atoms with van der Waals surface area (Å²) in [7, 11) is -3.87. The van der Waals surface area contributed by atoms with Crippen LogP contribution in [-0.2, 0) is 20.4 Å². The molecule has 1 saturated heterocycles. The Bertz CT molecular complexity index is 1080. The van der Waals surface area contributed by atoms with Crippen molar-refractivity contribution < 1.29 is 31.4 Å². The summed E-state index contributed by atoms with van der Waals surface area (Å²) in [5, 5.41) is 13.1. The zero-order valence-corrected chi connectivity index (χ0v) is 20.2. The quantitative estimate of drug-likeness (QED) is 0.397. The number of hydrogen-bond acceptors (Lipinski definition) is 8. The highest BCUT2D eigenvalue weighted by Crippen LogP contribution is 2.38. The molecule has 2 heterocycles. The molecule has 1 fully saturated rings. The number of aliphatic hydroxyl groups is 1. The lowest BCUT2D eigenvalue weighted by atomic mass is 9.95. The molecule has 0 aliphatic carbocycles. The van der Waals surface area contributed by atoms with Crippen LogP contribution in [0.1, 0.15) is 19.4 Å². The third kappa shape index (κ3) is 6.82. The van der Waals surface area contributed by atoms with Crippen molar-refractivity contribution in [2.24, 2.45) is 0 Å². The van der Waals surface area contributed by atoms with E-state index in [4.69, 9.17) is 10.5 Å². The minimum absolute atomic E-state index is 0.00119. The smallest absolute Gasteiger partial charge is 0.384 e. The fourth-order valence-electron chi connectivity index (χ4n) is 3.61. The molecule has 0 saturated carbocycles. The zero-order chi connectivity index (χ0) is 25.9. The van der Waals surface area contributed by atoms with E-state index in [0.717, 1.165) is 6.20 Å². The van der Waals surface area contributed by atoms with Gasteiger partial charge in [0, 0.05) is 37.6 Å². The lowest BCUT2D eigenvalue weighted by Gasteiger charge is -2.36. The summed E-state index contributed by atoms with van der Waals surface area (Å²) in [6.45, 7) is 4.88. The number of nitrogens with zero attached hydrogens (tertiary/aromatic N) is 2. The van der Waals surface area contributed by atoms with Crippen LogP contribution < -0.4 is 15.8 Å². The fraction of sp³-hybridized carbons (Fsp3) is 0.500. The van der Waals surface area contributed by atoms with Crippen LogP contribution >= 0.6 is 0 Å². The summed E-state index contributed by atoms with van der Waals surface area (Å²) in [4.78, 5) is 5.91. The molecule has 0 bridgehead atoms. The molecule has 5 N–H and O–H groups in total. The number of nitrogen functional groups attached to an aromatic ring is 1. The molecule has 194 valence electrons. The molecule has 3 atom stereocenters. The summed E-state index contributed by atoms with van der Waals surface area (Å²) in [6, 6.07) is 7.63. The average Bonchev–Trinajstić information content (AvgIpc) is 2.79. The number of nitrogens with two attached hydrogens (primary N) is 1. The molecule has 0 amide bonds.